The number of halogens is 2. The van der Waals surface area contributed by atoms with E-state index in [-0.39, 0.29) is 12.5 Å². The van der Waals surface area contributed by atoms with Crippen molar-refractivity contribution in [2.45, 2.75) is 38.5 Å². The van der Waals surface area contributed by atoms with Crippen LogP contribution in [0.1, 0.15) is 31.6 Å². The minimum Gasteiger partial charge on any atom is -0.481 e. The molecule has 0 spiro atoms. The molecule has 2 N–H and O–H groups in total. The summed E-state index contributed by atoms with van der Waals surface area (Å²) in [5, 5.41) is 10.6. The van der Waals surface area contributed by atoms with Crippen LogP contribution >= 0.6 is 35.4 Å². The average molecular weight is 387 g/mol. The predicted octanol–water partition coefficient (Wildman–Crippen LogP) is 3.67. The van der Waals surface area contributed by atoms with Gasteiger partial charge in [0.1, 0.15) is 5.75 Å². The van der Waals surface area contributed by atoms with Crippen molar-refractivity contribution < 1.29 is 9.53 Å². The van der Waals surface area contributed by atoms with Gasteiger partial charge < -0.3 is 10.1 Å². The molecule has 2 aromatic rings. The van der Waals surface area contributed by atoms with Crippen molar-refractivity contribution in [3.05, 3.63) is 38.8 Å². The molecule has 1 amide bonds. The summed E-state index contributed by atoms with van der Waals surface area (Å²) in [6, 6.07) is 5.21. The number of nitrogens with one attached hydrogen (secondary N) is 2. The van der Waals surface area contributed by atoms with Crippen LogP contribution in [0.2, 0.25) is 10.0 Å². The Hall–Kier alpha value is -1.57. The molecule has 0 saturated heterocycles. The van der Waals surface area contributed by atoms with Crippen LogP contribution in [0.4, 0.5) is 0 Å². The van der Waals surface area contributed by atoms with Crippen LogP contribution in [0, 0.1) is 4.77 Å². The molecule has 1 heterocycles. The number of rotatable bonds is 6. The van der Waals surface area contributed by atoms with Crippen molar-refractivity contribution in [1.82, 2.24) is 20.1 Å². The minimum absolute atomic E-state index is 0.262. The van der Waals surface area contributed by atoms with E-state index in [0.29, 0.717) is 32.4 Å². The molecule has 9 heteroatoms. The summed E-state index contributed by atoms with van der Waals surface area (Å²) in [5.74, 6) is 0.895. The van der Waals surface area contributed by atoms with E-state index in [2.05, 4.69) is 15.5 Å². The number of nitrogens with zero attached hydrogens (tertiary/aromatic N) is 2. The van der Waals surface area contributed by atoms with E-state index in [4.69, 9.17) is 40.2 Å². The monoisotopic (exact) mass is 386 g/mol. The molecule has 1 aliphatic carbocycles. The van der Waals surface area contributed by atoms with Crippen LogP contribution < -0.4 is 10.1 Å². The number of carbonyl (C=O) groups is 1. The fourth-order valence-electron chi connectivity index (χ4n) is 2.34. The normalized spacial score (nSPS) is 15.1. The lowest BCUT2D eigenvalue weighted by molar-refractivity contribution is -0.127. The smallest absolute Gasteiger partial charge is 0.261 e. The molecule has 1 aliphatic rings. The van der Waals surface area contributed by atoms with Gasteiger partial charge in [0.2, 0.25) is 0 Å². The molecule has 3 rings (SSSR count). The zero-order valence-electron chi connectivity index (χ0n) is 12.9. The van der Waals surface area contributed by atoms with Gasteiger partial charge in [0.25, 0.3) is 5.91 Å². The molecular weight excluding hydrogens is 371 g/mol. The largest absolute Gasteiger partial charge is 0.481 e. The molecule has 1 saturated carbocycles. The summed E-state index contributed by atoms with van der Waals surface area (Å²) >= 11 is 17.1. The summed E-state index contributed by atoms with van der Waals surface area (Å²) in [7, 11) is 0. The molecule has 24 heavy (non-hydrogen) atoms. The summed E-state index contributed by atoms with van der Waals surface area (Å²) in [5.41, 5.74) is 0. The fourth-order valence-corrected chi connectivity index (χ4v) is 3.14. The van der Waals surface area contributed by atoms with Gasteiger partial charge in [-0.3, -0.25) is 14.5 Å². The van der Waals surface area contributed by atoms with Crippen molar-refractivity contribution in [1.29, 1.82) is 0 Å². The molecule has 1 aromatic heterocycles. The third-order valence-electron chi connectivity index (χ3n) is 3.63. The summed E-state index contributed by atoms with van der Waals surface area (Å²) in [6.07, 6.45) is 1.48. The summed E-state index contributed by atoms with van der Waals surface area (Å²) in [4.78, 5) is 12.2. The van der Waals surface area contributed by atoms with E-state index >= 15 is 0 Å². The van der Waals surface area contributed by atoms with E-state index in [0.717, 1.165) is 12.8 Å². The SMILES string of the molecule is C[C@H](Oc1cc(Cl)cc(Cl)c1)C(=O)NCc1n[nH]c(=S)n1C1CC1. The van der Waals surface area contributed by atoms with E-state index < -0.39 is 6.10 Å². The lowest BCUT2D eigenvalue weighted by atomic mass is 10.3. The van der Waals surface area contributed by atoms with E-state index in [1.54, 1.807) is 25.1 Å². The molecule has 1 aromatic carbocycles. The Kier molecular flexibility index (Phi) is 5.12. The lowest BCUT2D eigenvalue weighted by Gasteiger charge is -2.15. The highest BCUT2D eigenvalue weighted by molar-refractivity contribution is 7.71. The molecule has 0 bridgehead atoms. The topological polar surface area (TPSA) is 71.9 Å². The zero-order valence-corrected chi connectivity index (χ0v) is 15.2. The van der Waals surface area contributed by atoms with Crippen molar-refractivity contribution >= 4 is 41.3 Å². The number of carbonyl (C=O) groups excluding carboxylic acids is 1. The third-order valence-corrected chi connectivity index (χ3v) is 4.35. The number of hydrogen-bond acceptors (Lipinski definition) is 4. The second-order valence-corrected chi connectivity index (χ2v) is 6.89. The first-order valence-electron chi connectivity index (χ1n) is 7.50. The molecule has 0 radical (unpaired) electrons. The first-order valence-corrected chi connectivity index (χ1v) is 8.66. The van der Waals surface area contributed by atoms with Gasteiger partial charge in [-0.15, -0.1) is 0 Å². The minimum atomic E-state index is -0.698. The van der Waals surface area contributed by atoms with Crippen LogP contribution in [0.25, 0.3) is 0 Å². The summed E-state index contributed by atoms with van der Waals surface area (Å²) < 4.78 is 8.12. The Morgan fingerprint density at radius 1 is 1.46 bits per heavy atom. The zero-order chi connectivity index (χ0) is 17.3. The number of amides is 1. The molecule has 0 aliphatic heterocycles. The molecule has 1 fully saturated rings. The van der Waals surface area contributed by atoms with Gasteiger partial charge in [0.15, 0.2) is 16.7 Å². The van der Waals surface area contributed by atoms with E-state index in [1.807, 2.05) is 4.57 Å². The maximum absolute atomic E-state index is 12.2. The van der Waals surface area contributed by atoms with Crippen LogP contribution in [0.5, 0.6) is 5.75 Å². The Morgan fingerprint density at radius 3 is 2.75 bits per heavy atom. The van der Waals surface area contributed by atoms with Gasteiger partial charge in [-0.1, -0.05) is 23.2 Å². The van der Waals surface area contributed by atoms with E-state index in [9.17, 15) is 4.79 Å². The highest BCUT2D eigenvalue weighted by Gasteiger charge is 2.27. The predicted molar refractivity (Wildman–Crippen MR) is 94.1 cm³/mol. The number of hydrogen-bond donors (Lipinski definition) is 2. The number of aromatic amines is 1. The molecule has 1 atom stereocenters. The Balaban J connectivity index is 1.59. The Labute approximate surface area is 154 Å². The van der Waals surface area contributed by atoms with Crippen LogP contribution in [-0.2, 0) is 11.3 Å². The molecule has 128 valence electrons. The Morgan fingerprint density at radius 2 is 2.12 bits per heavy atom. The molecule has 6 nitrogen and oxygen atoms in total. The second kappa shape index (κ2) is 7.13. The van der Waals surface area contributed by atoms with Crippen LogP contribution in [-0.4, -0.2) is 26.8 Å². The van der Waals surface area contributed by atoms with Gasteiger partial charge in [0, 0.05) is 16.1 Å². The van der Waals surface area contributed by atoms with Gasteiger partial charge in [-0.2, -0.15) is 5.10 Å². The average Bonchev–Trinajstić information content (AvgIpc) is 3.27. The standard InChI is InChI=1S/C15H16Cl2N4O2S/c1-8(23-12-5-9(16)4-10(17)6-12)14(22)18-7-13-19-20-15(24)21(13)11-2-3-11/h4-6,8,11H,2-3,7H2,1H3,(H,18,22)(H,20,24)/t8-/m0/s1. The van der Waals surface area contributed by atoms with Crippen molar-refractivity contribution in [3.8, 4) is 5.75 Å². The number of benzene rings is 1. The van der Waals surface area contributed by atoms with Gasteiger partial charge >= 0.3 is 0 Å². The van der Waals surface area contributed by atoms with Crippen molar-refractivity contribution in [3.63, 3.8) is 0 Å². The summed E-state index contributed by atoms with van der Waals surface area (Å²) in [6.45, 7) is 1.94. The highest BCUT2D eigenvalue weighted by atomic mass is 35.5. The fraction of sp³-hybridized carbons (Fsp3) is 0.400. The Bertz CT molecular complexity index is 796. The number of ether oxygens (including phenoxy) is 1. The maximum atomic E-state index is 12.2. The maximum Gasteiger partial charge on any atom is 0.261 e. The molecular formula is C15H16Cl2N4O2S. The van der Waals surface area contributed by atoms with E-state index in [1.165, 1.54) is 0 Å². The highest BCUT2D eigenvalue weighted by Crippen LogP contribution is 2.35. The third kappa shape index (κ3) is 4.09. The van der Waals surface area contributed by atoms with Crippen LogP contribution in [0.15, 0.2) is 18.2 Å². The van der Waals surface area contributed by atoms with Gasteiger partial charge in [0.05, 0.1) is 6.54 Å². The van der Waals surface area contributed by atoms with Crippen LogP contribution in [0.3, 0.4) is 0 Å². The van der Waals surface area contributed by atoms with Crippen molar-refractivity contribution in [2.24, 2.45) is 0 Å². The van der Waals surface area contributed by atoms with Gasteiger partial charge in [-0.05, 0) is 50.2 Å². The second-order valence-electron chi connectivity index (χ2n) is 5.63. The lowest BCUT2D eigenvalue weighted by Crippen LogP contribution is -2.36. The van der Waals surface area contributed by atoms with Gasteiger partial charge in [-0.25, -0.2) is 0 Å². The first kappa shape index (κ1) is 17.3. The van der Waals surface area contributed by atoms with Crippen molar-refractivity contribution in [2.75, 3.05) is 0 Å². The number of aromatic nitrogens is 3. The first-order chi connectivity index (χ1) is 11.4. The molecule has 0 unspecified atom stereocenters. The number of H-pyrrole nitrogens is 1. The quantitative estimate of drug-likeness (QED) is 0.742.